The number of rotatable bonds is 2. The maximum Gasteiger partial charge on any atom is 0.261 e. The summed E-state index contributed by atoms with van der Waals surface area (Å²) >= 11 is 0. The lowest BCUT2D eigenvalue weighted by Crippen LogP contribution is -2.16. The van der Waals surface area contributed by atoms with Gasteiger partial charge < -0.3 is 11.1 Å². The van der Waals surface area contributed by atoms with E-state index in [0.29, 0.717) is 11.4 Å². The minimum Gasteiger partial charge on any atom is -0.399 e. The second kappa shape index (κ2) is 5.28. The highest BCUT2D eigenvalue weighted by molar-refractivity contribution is 6.05. The maximum atomic E-state index is 13.5. The number of carbonyl (C=O) groups excluding carboxylic acids is 1. The first-order chi connectivity index (χ1) is 9.40. The van der Waals surface area contributed by atoms with Gasteiger partial charge in [-0.3, -0.25) is 4.79 Å². The van der Waals surface area contributed by atoms with Crippen molar-refractivity contribution in [1.82, 2.24) is 0 Å². The number of halogens is 2. The third-order valence-electron chi connectivity index (χ3n) is 3.05. The van der Waals surface area contributed by atoms with E-state index in [-0.39, 0.29) is 0 Å². The highest BCUT2D eigenvalue weighted by Gasteiger charge is 2.17. The van der Waals surface area contributed by atoms with E-state index in [1.165, 1.54) is 6.07 Å². The molecule has 3 N–H and O–H groups in total. The topological polar surface area (TPSA) is 55.1 Å². The first kappa shape index (κ1) is 14.0. The second-order valence-electron chi connectivity index (χ2n) is 4.57. The molecular formula is C15H14F2N2O. The lowest BCUT2D eigenvalue weighted by atomic mass is 10.1. The van der Waals surface area contributed by atoms with E-state index in [2.05, 4.69) is 5.32 Å². The van der Waals surface area contributed by atoms with Crippen LogP contribution in [-0.2, 0) is 0 Å². The lowest BCUT2D eigenvalue weighted by Gasteiger charge is -2.12. The summed E-state index contributed by atoms with van der Waals surface area (Å²) in [6.45, 7) is 3.54. The van der Waals surface area contributed by atoms with Gasteiger partial charge in [-0.25, -0.2) is 8.78 Å². The van der Waals surface area contributed by atoms with Crippen LogP contribution in [0.25, 0.3) is 0 Å². The van der Waals surface area contributed by atoms with Crippen LogP contribution in [0.5, 0.6) is 0 Å². The van der Waals surface area contributed by atoms with Crippen LogP contribution in [0.3, 0.4) is 0 Å². The van der Waals surface area contributed by atoms with Gasteiger partial charge in [0, 0.05) is 11.4 Å². The number of benzene rings is 2. The Bertz CT molecular complexity index is 664. The SMILES string of the molecule is Cc1cc(NC(=O)c2c(F)cccc2F)c(C)cc1N. The van der Waals surface area contributed by atoms with Gasteiger partial charge in [0.2, 0.25) is 0 Å². The summed E-state index contributed by atoms with van der Waals surface area (Å²) in [6.07, 6.45) is 0. The molecule has 0 radical (unpaired) electrons. The van der Waals surface area contributed by atoms with Gasteiger partial charge in [-0.05, 0) is 49.2 Å². The molecule has 0 atom stereocenters. The van der Waals surface area contributed by atoms with E-state index in [1.807, 2.05) is 0 Å². The van der Waals surface area contributed by atoms with E-state index in [0.717, 1.165) is 23.3 Å². The van der Waals surface area contributed by atoms with Crippen molar-refractivity contribution in [2.45, 2.75) is 13.8 Å². The molecular weight excluding hydrogens is 262 g/mol. The monoisotopic (exact) mass is 276 g/mol. The van der Waals surface area contributed by atoms with Crippen molar-refractivity contribution < 1.29 is 13.6 Å². The molecule has 2 aromatic carbocycles. The summed E-state index contributed by atoms with van der Waals surface area (Å²) in [4.78, 5) is 12.0. The van der Waals surface area contributed by atoms with Crippen molar-refractivity contribution in [3.8, 4) is 0 Å². The van der Waals surface area contributed by atoms with Crippen molar-refractivity contribution in [3.05, 3.63) is 58.7 Å². The zero-order chi connectivity index (χ0) is 14.9. The number of nitrogen functional groups attached to an aromatic ring is 1. The molecule has 0 bridgehead atoms. The Balaban J connectivity index is 2.35. The fourth-order valence-electron chi connectivity index (χ4n) is 1.87. The number of carbonyl (C=O) groups is 1. The predicted octanol–water partition coefficient (Wildman–Crippen LogP) is 3.42. The van der Waals surface area contributed by atoms with Crippen LogP contribution in [0.4, 0.5) is 20.2 Å². The van der Waals surface area contributed by atoms with Gasteiger partial charge in [-0.15, -0.1) is 0 Å². The molecule has 2 aromatic rings. The number of nitrogens with one attached hydrogen (secondary N) is 1. The molecule has 0 unspecified atom stereocenters. The summed E-state index contributed by atoms with van der Waals surface area (Å²) in [5.74, 6) is -2.62. The largest absolute Gasteiger partial charge is 0.399 e. The van der Waals surface area contributed by atoms with Crippen LogP contribution < -0.4 is 11.1 Å². The number of hydrogen-bond acceptors (Lipinski definition) is 2. The average molecular weight is 276 g/mol. The number of aryl methyl sites for hydroxylation is 2. The third-order valence-corrected chi connectivity index (χ3v) is 3.05. The molecule has 3 nitrogen and oxygen atoms in total. The van der Waals surface area contributed by atoms with Crippen LogP contribution in [0.15, 0.2) is 30.3 Å². The number of amides is 1. The normalized spacial score (nSPS) is 10.4. The van der Waals surface area contributed by atoms with E-state index in [9.17, 15) is 13.6 Å². The number of nitrogens with two attached hydrogens (primary N) is 1. The molecule has 0 aliphatic carbocycles. The minimum absolute atomic E-state index is 0.476. The summed E-state index contributed by atoms with van der Waals surface area (Å²) in [5.41, 5.74) is 7.72. The Kier molecular flexibility index (Phi) is 3.70. The number of anilines is 2. The summed E-state index contributed by atoms with van der Waals surface area (Å²) < 4.78 is 27.1. The molecule has 0 aliphatic heterocycles. The van der Waals surface area contributed by atoms with Crippen molar-refractivity contribution in [3.63, 3.8) is 0 Å². The predicted molar refractivity (Wildman–Crippen MR) is 74.6 cm³/mol. The molecule has 0 aromatic heterocycles. The zero-order valence-electron chi connectivity index (χ0n) is 11.1. The molecule has 20 heavy (non-hydrogen) atoms. The smallest absolute Gasteiger partial charge is 0.261 e. The molecule has 104 valence electrons. The van der Waals surface area contributed by atoms with Crippen molar-refractivity contribution in [1.29, 1.82) is 0 Å². The molecule has 0 heterocycles. The molecule has 0 saturated carbocycles. The van der Waals surface area contributed by atoms with Gasteiger partial charge in [0.1, 0.15) is 17.2 Å². The fraction of sp³-hybridized carbons (Fsp3) is 0.133. The average Bonchev–Trinajstić information content (AvgIpc) is 2.35. The molecule has 0 fully saturated rings. The quantitative estimate of drug-likeness (QED) is 0.826. The molecule has 2 rings (SSSR count). The van der Waals surface area contributed by atoms with Crippen LogP contribution in [0, 0.1) is 25.5 Å². The summed E-state index contributed by atoms with van der Waals surface area (Å²) in [5, 5.41) is 2.50. The Morgan fingerprint density at radius 3 is 2.30 bits per heavy atom. The minimum atomic E-state index is -0.896. The van der Waals surface area contributed by atoms with Crippen molar-refractivity contribution in [2.75, 3.05) is 11.1 Å². The zero-order valence-corrected chi connectivity index (χ0v) is 11.1. The fourth-order valence-corrected chi connectivity index (χ4v) is 1.87. The first-order valence-electron chi connectivity index (χ1n) is 6.02. The molecule has 0 aliphatic rings. The molecule has 1 amide bonds. The first-order valence-corrected chi connectivity index (χ1v) is 6.02. The van der Waals surface area contributed by atoms with Crippen molar-refractivity contribution >= 4 is 17.3 Å². The highest BCUT2D eigenvalue weighted by atomic mass is 19.1. The van der Waals surface area contributed by atoms with Gasteiger partial charge >= 0.3 is 0 Å². The Hall–Kier alpha value is -2.43. The van der Waals surface area contributed by atoms with E-state index in [4.69, 9.17) is 5.73 Å². The van der Waals surface area contributed by atoms with E-state index < -0.39 is 23.1 Å². The second-order valence-corrected chi connectivity index (χ2v) is 4.57. The number of hydrogen-bond donors (Lipinski definition) is 2. The lowest BCUT2D eigenvalue weighted by molar-refractivity contribution is 0.101. The van der Waals surface area contributed by atoms with Crippen LogP contribution >= 0.6 is 0 Å². The maximum absolute atomic E-state index is 13.5. The summed E-state index contributed by atoms with van der Waals surface area (Å²) in [6, 6.07) is 6.65. The van der Waals surface area contributed by atoms with Crippen LogP contribution in [-0.4, -0.2) is 5.91 Å². The third kappa shape index (κ3) is 2.61. The van der Waals surface area contributed by atoms with Crippen molar-refractivity contribution in [2.24, 2.45) is 0 Å². The highest BCUT2D eigenvalue weighted by Crippen LogP contribution is 2.23. The Morgan fingerprint density at radius 1 is 1.10 bits per heavy atom. The molecule has 0 spiro atoms. The van der Waals surface area contributed by atoms with Crippen LogP contribution in [0.1, 0.15) is 21.5 Å². The van der Waals surface area contributed by atoms with Gasteiger partial charge in [0.25, 0.3) is 5.91 Å². The van der Waals surface area contributed by atoms with E-state index in [1.54, 1.807) is 26.0 Å². The molecule has 5 heteroatoms. The van der Waals surface area contributed by atoms with Gasteiger partial charge in [0.15, 0.2) is 0 Å². The van der Waals surface area contributed by atoms with Gasteiger partial charge in [0.05, 0.1) is 0 Å². The van der Waals surface area contributed by atoms with Crippen LogP contribution in [0.2, 0.25) is 0 Å². The standard InChI is InChI=1S/C15H14F2N2O/c1-8-7-13(9(2)6-12(8)18)19-15(20)14-10(16)4-3-5-11(14)17/h3-7H,18H2,1-2H3,(H,19,20). The van der Waals surface area contributed by atoms with E-state index >= 15 is 0 Å². The Labute approximate surface area is 115 Å². The summed E-state index contributed by atoms with van der Waals surface area (Å²) in [7, 11) is 0. The molecule has 0 saturated heterocycles. The van der Waals surface area contributed by atoms with Gasteiger partial charge in [-0.1, -0.05) is 6.07 Å². The van der Waals surface area contributed by atoms with Gasteiger partial charge in [-0.2, -0.15) is 0 Å². The Morgan fingerprint density at radius 2 is 1.70 bits per heavy atom.